The Bertz CT molecular complexity index is 422. The summed E-state index contributed by atoms with van der Waals surface area (Å²) in [6.45, 7) is 19.3. The topological polar surface area (TPSA) is 0 Å². The normalized spacial score (nSPS) is 15.5. The molecule has 0 fully saturated rings. The van der Waals surface area contributed by atoms with Crippen LogP contribution in [-0.4, -0.2) is 0 Å². The maximum atomic E-state index is 2.50. The molecule has 0 aromatic heterocycles. The Morgan fingerprint density at radius 2 is 0.417 bits per heavy atom. The lowest BCUT2D eigenvalue weighted by Gasteiger charge is -2.14. The third-order valence-corrected chi connectivity index (χ3v) is 8.91. The first kappa shape index (κ1) is 36.0. The molecule has 0 amide bonds. The molecule has 0 heteroatoms. The van der Waals surface area contributed by atoms with Crippen molar-refractivity contribution in [2.75, 3.05) is 0 Å². The van der Waals surface area contributed by atoms with E-state index in [1.54, 1.807) is 0 Å². The lowest BCUT2D eigenvalue weighted by molar-refractivity contribution is 0.389. The van der Waals surface area contributed by atoms with Gasteiger partial charge in [-0.05, 0) is 35.5 Å². The Morgan fingerprint density at radius 1 is 0.222 bits per heavy atom. The van der Waals surface area contributed by atoms with Crippen LogP contribution in [0.2, 0.25) is 0 Å². The van der Waals surface area contributed by atoms with E-state index in [4.69, 9.17) is 0 Å². The Hall–Kier alpha value is 0. The van der Waals surface area contributed by atoms with E-state index in [-0.39, 0.29) is 0 Å². The molecule has 0 aliphatic heterocycles. The molecule has 0 radical (unpaired) electrons. The molecule has 0 aromatic carbocycles. The molecule has 218 valence electrons. The molecule has 0 aliphatic carbocycles. The second-order valence-electron chi connectivity index (χ2n) is 14.3. The SMILES string of the molecule is CC(C)CCC(C)CCCCCC(C)CCCCCCCCCC(C)CCCCC(C)CCC(C)C. The van der Waals surface area contributed by atoms with Gasteiger partial charge in [-0.2, -0.15) is 0 Å². The van der Waals surface area contributed by atoms with Crippen LogP contribution >= 0.6 is 0 Å². The predicted octanol–water partition coefficient (Wildman–Crippen LogP) is 13.4. The van der Waals surface area contributed by atoms with Crippen LogP contribution < -0.4 is 0 Å². The monoisotopic (exact) mass is 507 g/mol. The molecule has 0 saturated carbocycles. The molecule has 36 heavy (non-hydrogen) atoms. The lowest BCUT2D eigenvalue weighted by atomic mass is 9.92. The quantitative estimate of drug-likeness (QED) is 0.0971. The molecule has 0 bridgehead atoms. The summed E-state index contributed by atoms with van der Waals surface area (Å²) in [7, 11) is 0. The van der Waals surface area contributed by atoms with Gasteiger partial charge in [0.15, 0.2) is 0 Å². The lowest BCUT2D eigenvalue weighted by Crippen LogP contribution is -1.99. The van der Waals surface area contributed by atoms with Crippen LogP contribution in [0.15, 0.2) is 0 Å². The predicted molar refractivity (Wildman–Crippen MR) is 168 cm³/mol. The van der Waals surface area contributed by atoms with E-state index in [0.717, 1.165) is 35.5 Å². The second kappa shape index (κ2) is 25.3. The van der Waals surface area contributed by atoms with Gasteiger partial charge in [-0.3, -0.25) is 0 Å². The summed E-state index contributed by atoms with van der Waals surface area (Å²) in [5, 5.41) is 0. The summed E-state index contributed by atoms with van der Waals surface area (Å²) in [6, 6.07) is 0. The largest absolute Gasteiger partial charge is 0.0628 e. The average Bonchev–Trinajstić information content (AvgIpc) is 2.82. The van der Waals surface area contributed by atoms with Crippen LogP contribution in [0.4, 0.5) is 0 Å². The van der Waals surface area contributed by atoms with Crippen molar-refractivity contribution >= 4 is 0 Å². The van der Waals surface area contributed by atoms with Gasteiger partial charge in [-0.15, -0.1) is 0 Å². The molecule has 0 spiro atoms. The minimum Gasteiger partial charge on any atom is -0.0628 e. The first-order valence-corrected chi connectivity index (χ1v) is 17.2. The van der Waals surface area contributed by atoms with Gasteiger partial charge in [0.2, 0.25) is 0 Å². The van der Waals surface area contributed by atoms with Gasteiger partial charge in [0.25, 0.3) is 0 Å². The zero-order valence-electron chi connectivity index (χ0n) is 27.0. The number of hydrogen-bond acceptors (Lipinski definition) is 0. The van der Waals surface area contributed by atoms with Crippen LogP contribution in [0.5, 0.6) is 0 Å². The molecule has 0 aromatic rings. The van der Waals surface area contributed by atoms with E-state index in [2.05, 4.69) is 55.4 Å². The van der Waals surface area contributed by atoms with Crippen molar-refractivity contribution in [1.82, 2.24) is 0 Å². The molecular weight excluding hydrogens is 432 g/mol. The zero-order valence-corrected chi connectivity index (χ0v) is 27.0. The Balaban J connectivity index is 3.38. The Labute approximate surface area is 232 Å². The van der Waals surface area contributed by atoms with Crippen molar-refractivity contribution < 1.29 is 0 Å². The van der Waals surface area contributed by atoms with Gasteiger partial charge >= 0.3 is 0 Å². The van der Waals surface area contributed by atoms with Crippen molar-refractivity contribution in [1.29, 1.82) is 0 Å². The highest BCUT2D eigenvalue weighted by Crippen LogP contribution is 2.23. The van der Waals surface area contributed by atoms with Gasteiger partial charge in [0.05, 0.1) is 0 Å². The van der Waals surface area contributed by atoms with E-state index in [0.29, 0.717) is 0 Å². The fourth-order valence-corrected chi connectivity index (χ4v) is 5.83. The summed E-state index contributed by atoms with van der Waals surface area (Å²) < 4.78 is 0. The van der Waals surface area contributed by atoms with Crippen LogP contribution in [0.1, 0.15) is 197 Å². The maximum absolute atomic E-state index is 2.50. The fourth-order valence-electron chi connectivity index (χ4n) is 5.83. The molecule has 0 rings (SSSR count). The fraction of sp³-hybridized carbons (Fsp3) is 1.00. The van der Waals surface area contributed by atoms with Crippen LogP contribution in [0.25, 0.3) is 0 Å². The minimum absolute atomic E-state index is 0.874. The number of hydrogen-bond donors (Lipinski definition) is 0. The molecule has 0 aliphatic rings. The summed E-state index contributed by atoms with van der Waals surface area (Å²) in [5.41, 5.74) is 0. The maximum Gasteiger partial charge on any atom is -0.0443 e. The molecule has 4 unspecified atom stereocenters. The molecule has 0 heterocycles. The number of rotatable bonds is 27. The summed E-state index contributed by atoms with van der Waals surface area (Å²) in [4.78, 5) is 0. The highest BCUT2D eigenvalue weighted by atomic mass is 14.1. The van der Waals surface area contributed by atoms with E-state index >= 15 is 0 Å². The Morgan fingerprint density at radius 3 is 0.694 bits per heavy atom. The van der Waals surface area contributed by atoms with Gasteiger partial charge in [0, 0.05) is 0 Å². The van der Waals surface area contributed by atoms with Crippen molar-refractivity contribution in [2.45, 2.75) is 197 Å². The minimum atomic E-state index is 0.874. The Kier molecular flexibility index (Phi) is 25.3. The third kappa shape index (κ3) is 27.0. The van der Waals surface area contributed by atoms with Crippen LogP contribution in [0, 0.1) is 35.5 Å². The van der Waals surface area contributed by atoms with E-state index in [1.165, 1.54) is 141 Å². The zero-order chi connectivity index (χ0) is 27.0. The first-order chi connectivity index (χ1) is 17.2. The molecule has 0 N–H and O–H groups in total. The summed E-state index contributed by atoms with van der Waals surface area (Å²) in [6.07, 6.45) is 32.1. The van der Waals surface area contributed by atoms with Crippen molar-refractivity contribution in [3.05, 3.63) is 0 Å². The first-order valence-electron chi connectivity index (χ1n) is 17.2. The molecular formula is C36H74. The van der Waals surface area contributed by atoms with Crippen molar-refractivity contribution in [3.63, 3.8) is 0 Å². The molecule has 0 saturated heterocycles. The number of unbranched alkanes of at least 4 members (excludes halogenated alkanes) is 9. The van der Waals surface area contributed by atoms with Gasteiger partial charge in [-0.25, -0.2) is 0 Å². The van der Waals surface area contributed by atoms with Crippen molar-refractivity contribution in [3.8, 4) is 0 Å². The van der Waals surface area contributed by atoms with E-state index < -0.39 is 0 Å². The van der Waals surface area contributed by atoms with Gasteiger partial charge in [0.1, 0.15) is 0 Å². The van der Waals surface area contributed by atoms with E-state index in [9.17, 15) is 0 Å². The second-order valence-corrected chi connectivity index (χ2v) is 14.3. The van der Waals surface area contributed by atoms with Crippen LogP contribution in [-0.2, 0) is 0 Å². The summed E-state index contributed by atoms with van der Waals surface area (Å²) in [5.74, 6) is 5.53. The summed E-state index contributed by atoms with van der Waals surface area (Å²) >= 11 is 0. The highest BCUT2D eigenvalue weighted by molar-refractivity contribution is 4.61. The smallest absolute Gasteiger partial charge is 0.0443 e. The molecule has 4 atom stereocenters. The third-order valence-electron chi connectivity index (χ3n) is 8.91. The highest BCUT2D eigenvalue weighted by Gasteiger charge is 2.07. The standard InChI is InChI=1S/C36H74/c1-31(2)27-29-35(7)24-18-14-17-23-33(5)21-15-12-10-9-11-13-16-22-34(6)25-19-20-26-36(8)30-28-32(3)4/h31-36H,9-30H2,1-8H3. The molecule has 0 nitrogen and oxygen atoms in total. The van der Waals surface area contributed by atoms with Crippen molar-refractivity contribution in [2.24, 2.45) is 35.5 Å². The average molecular weight is 507 g/mol. The van der Waals surface area contributed by atoms with Gasteiger partial charge < -0.3 is 0 Å². The van der Waals surface area contributed by atoms with Gasteiger partial charge in [-0.1, -0.05) is 197 Å². The van der Waals surface area contributed by atoms with Crippen LogP contribution in [0.3, 0.4) is 0 Å². The van der Waals surface area contributed by atoms with E-state index in [1.807, 2.05) is 0 Å².